The molecule has 1 aromatic carbocycles. The molecule has 1 rings (SSSR count). The van der Waals surface area contributed by atoms with Crippen LogP contribution in [0.25, 0.3) is 0 Å². The molecule has 0 aliphatic carbocycles. The van der Waals surface area contributed by atoms with Crippen molar-refractivity contribution in [3.05, 3.63) is 29.6 Å². The number of methoxy groups -OCH3 is 1. The Morgan fingerprint density at radius 2 is 2.29 bits per heavy atom. The molecule has 1 unspecified atom stereocenters. The number of aromatic hydroxyl groups is 1. The van der Waals surface area contributed by atoms with Gasteiger partial charge in [0.25, 0.3) is 0 Å². The van der Waals surface area contributed by atoms with E-state index in [2.05, 4.69) is 16.6 Å². The maximum absolute atomic E-state index is 13.6. The molecule has 0 amide bonds. The van der Waals surface area contributed by atoms with Crippen LogP contribution >= 0.6 is 0 Å². The first-order chi connectivity index (χ1) is 8.10. The third-order valence-corrected chi connectivity index (χ3v) is 2.33. The Morgan fingerprint density at radius 1 is 1.59 bits per heavy atom. The van der Waals surface area contributed by atoms with Crippen LogP contribution in [-0.2, 0) is 9.53 Å². The average Bonchev–Trinajstić information content (AvgIpc) is 2.31. The number of halogens is 1. The minimum atomic E-state index is -0.770. The fourth-order valence-electron chi connectivity index (χ4n) is 1.47. The number of hydrogen-bond donors (Lipinski definition) is 1. The molecule has 0 aliphatic heterocycles. The lowest BCUT2D eigenvalue weighted by molar-refractivity contribution is -0.142. The third kappa shape index (κ3) is 3.22. The molecule has 1 N–H and O–H groups in total. The summed E-state index contributed by atoms with van der Waals surface area (Å²) in [7, 11) is 1.24. The number of esters is 1. The van der Waals surface area contributed by atoms with Gasteiger partial charge in [-0.3, -0.25) is 4.79 Å². The van der Waals surface area contributed by atoms with E-state index in [1.54, 1.807) is 6.92 Å². The first-order valence-electron chi connectivity index (χ1n) is 5.06. The van der Waals surface area contributed by atoms with Crippen molar-refractivity contribution in [3.8, 4) is 17.6 Å². The lowest BCUT2D eigenvalue weighted by Gasteiger charge is -2.13. The second kappa shape index (κ2) is 5.90. The summed E-state index contributed by atoms with van der Waals surface area (Å²) in [5, 5.41) is 9.11. The smallest absolute Gasteiger partial charge is 0.314 e. The highest BCUT2D eigenvalue weighted by atomic mass is 19.1. The van der Waals surface area contributed by atoms with E-state index in [0.29, 0.717) is 0 Å². The first-order valence-corrected chi connectivity index (χ1v) is 5.06. The molecule has 0 saturated heterocycles. The van der Waals surface area contributed by atoms with Gasteiger partial charge >= 0.3 is 5.97 Å². The quantitative estimate of drug-likeness (QED) is 0.646. The Hall–Kier alpha value is -2.02. The molecular weight excluding hydrogens is 223 g/mol. The predicted molar refractivity (Wildman–Crippen MR) is 60.9 cm³/mol. The van der Waals surface area contributed by atoms with Crippen molar-refractivity contribution < 1.29 is 19.0 Å². The highest BCUT2D eigenvalue weighted by molar-refractivity contribution is 5.78. The number of phenolic OH excluding ortho intramolecular Hbond substituents is 1. The lowest BCUT2D eigenvalue weighted by atomic mass is 9.95. The molecule has 4 heteroatoms. The number of ether oxygens (including phenoxy) is 1. The molecule has 0 saturated carbocycles. The topological polar surface area (TPSA) is 46.5 Å². The molecular formula is C13H13FO3. The van der Waals surface area contributed by atoms with Gasteiger partial charge in [0.2, 0.25) is 0 Å². The van der Waals surface area contributed by atoms with E-state index in [1.807, 2.05) is 0 Å². The molecule has 0 radical (unpaired) electrons. The van der Waals surface area contributed by atoms with Crippen molar-refractivity contribution in [2.75, 3.05) is 7.11 Å². The Morgan fingerprint density at radius 3 is 2.82 bits per heavy atom. The summed E-state index contributed by atoms with van der Waals surface area (Å²) in [5.41, 5.74) is 0.178. The average molecular weight is 236 g/mol. The summed E-state index contributed by atoms with van der Waals surface area (Å²) in [5.74, 6) is 3.23. The summed E-state index contributed by atoms with van der Waals surface area (Å²) < 4.78 is 18.2. The minimum Gasteiger partial charge on any atom is -0.508 e. The van der Waals surface area contributed by atoms with E-state index in [-0.39, 0.29) is 17.7 Å². The van der Waals surface area contributed by atoms with Gasteiger partial charge in [0, 0.05) is 18.1 Å². The van der Waals surface area contributed by atoms with Crippen molar-refractivity contribution >= 4 is 5.97 Å². The molecule has 0 aromatic heterocycles. The maximum Gasteiger partial charge on any atom is 0.314 e. The van der Waals surface area contributed by atoms with Gasteiger partial charge in [-0.15, -0.1) is 11.8 Å². The van der Waals surface area contributed by atoms with Crippen LogP contribution < -0.4 is 0 Å². The van der Waals surface area contributed by atoms with Gasteiger partial charge in [0.1, 0.15) is 11.6 Å². The Balaban J connectivity index is 3.10. The van der Waals surface area contributed by atoms with E-state index < -0.39 is 17.7 Å². The standard InChI is InChI=1S/C13H13FO3/c1-3-4-5-11(13(16)17-2)10-7-6-9(15)8-12(10)14/h6-8,11,15H,5H2,1-2H3. The van der Waals surface area contributed by atoms with Gasteiger partial charge in [0.15, 0.2) is 0 Å². The van der Waals surface area contributed by atoms with Gasteiger partial charge in [-0.05, 0) is 13.0 Å². The van der Waals surface area contributed by atoms with Gasteiger partial charge in [0.05, 0.1) is 13.0 Å². The Bertz CT molecular complexity index is 471. The van der Waals surface area contributed by atoms with Crippen LogP contribution in [0.2, 0.25) is 0 Å². The number of phenols is 1. The first kappa shape index (κ1) is 13.0. The number of benzene rings is 1. The monoisotopic (exact) mass is 236 g/mol. The van der Waals surface area contributed by atoms with E-state index >= 15 is 0 Å². The highest BCUT2D eigenvalue weighted by Crippen LogP contribution is 2.26. The number of carbonyl (C=O) groups is 1. The second-order valence-corrected chi connectivity index (χ2v) is 3.41. The third-order valence-electron chi connectivity index (χ3n) is 2.33. The molecule has 0 heterocycles. The Kier molecular flexibility index (Phi) is 4.53. The summed E-state index contributed by atoms with van der Waals surface area (Å²) >= 11 is 0. The van der Waals surface area contributed by atoms with Crippen molar-refractivity contribution in [1.82, 2.24) is 0 Å². The van der Waals surface area contributed by atoms with Crippen LogP contribution in [0.1, 0.15) is 24.8 Å². The second-order valence-electron chi connectivity index (χ2n) is 3.41. The molecule has 1 aromatic rings. The summed E-state index contributed by atoms with van der Waals surface area (Å²) in [4.78, 5) is 11.5. The van der Waals surface area contributed by atoms with Crippen LogP contribution in [-0.4, -0.2) is 18.2 Å². The molecule has 0 aliphatic rings. The van der Waals surface area contributed by atoms with Gasteiger partial charge in [-0.2, -0.15) is 0 Å². The van der Waals surface area contributed by atoms with Crippen molar-refractivity contribution in [2.24, 2.45) is 0 Å². The molecule has 0 spiro atoms. The van der Waals surface area contributed by atoms with E-state index in [0.717, 1.165) is 6.07 Å². The van der Waals surface area contributed by atoms with E-state index in [1.165, 1.54) is 19.2 Å². The lowest BCUT2D eigenvalue weighted by Crippen LogP contribution is -2.15. The number of rotatable bonds is 3. The minimum absolute atomic E-state index is 0.178. The Labute approximate surface area is 99.2 Å². The van der Waals surface area contributed by atoms with Crippen molar-refractivity contribution in [1.29, 1.82) is 0 Å². The fourth-order valence-corrected chi connectivity index (χ4v) is 1.47. The van der Waals surface area contributed by atoms with Crippen molar-refractivity contribution in [2.45, 2.75) is 19.3 Å². The summed E-state index contributed by atoms with van der Waals surface area (Å²) in [6.45, 7) is 1.64. The van der Waals surface area contributed by atoms with Crippen LogP contribution in [0, 0.1) is 17.7 Å². The van der Waals surface area contributed by atoms with Crippen molar-refractivity contribution in [3.63, 3.8) is 0 Å². The molecule has 90 valence electrons. The zero-order valence-electron chi connectivity index (χ0n) is 9.66. The summed E-state index contributed by atoms with van der Waals surface area (Å²) in [6.07, 6.45) is 0.185. The molecule has 17 heavy (non-hydrogen) atoms. The zero-order chi connectivity index (χ0) is 12.8. The molecule has 0 bridgehead atoms. The number of carbonyl (C=O) groups excluding carboxylic acids is 1. The normalized spacial score (nSPS) is 11.2. The molecule has 0 fully saturated rings. The zero-order valence-corrected chi connectivity index (χ0v) is 9.66. The van der Waals surface area contributed by atoms with E-state index in [4.69, 9.17) is 5.11 Å². The highest BCUT2D eigenvalue weighted by Gasteiger charge is 2.23. The number of hydrogen-bond acceptors (Lipinski definition) is 3. The van der Waals surface area contributed by atoms with Crippen LogP contribution in [0.3, 0.4) is 0 Å². The maximum atomic E-state index is 13.6. The summed E-state index contributed by atoms with van der Waals surface area (Å²) in [6, 6.07) is 3.65. The van der Waals surface area contributed by atoms with E-state index in [9.17, 15) is 9.18 Å². The molecule has 1 atom stereocenters. The van der Waals surface area contributed by atoms with Gasteiger partial charge in [-0.1, -0.05) is 6.07 Å². The van der Waals surface area contributed by atoms with Crippen LogP contribution in [0.4, 0.5) is 4.39 Å². The van der Waals surface area contributed by atoms with Gasteiger partial charge in [-0.25, -0.2) is 4.39 Å². The largest absolute Gasteiger partial charge is 0.508 e. The SMILES string of the molecule is CC#CCC(C(=O)OC)c1ccc(O)cc1F. The fraction of sp³-hybridized carbons (Fsp3) is 0.308. The molecule has 3 nitrogen and oxygen atoms in total. The van der Waals surface area contributed by atoms with Gasteiger partial charge < -0.3 is 9.84 Å². The predicted octanol–water partition coefficient (Wildman–Crippen LogP) is 2.20. The van der Waals surface area contributed by atoms with Crippen LogP contribution in [0.15, 0.2) is 18.2 Å². The van der Waals surface area contributed by atoms with Crippen LogP contribution in [0.5, 0.6) is 5.75 Å².